The summed E-state index contributed by atoms with van der Waals surface area (Å²) < 4.78 is 8.98. The average molecular weight is 444 g/mol. The number of rotatable bonds is 7. The molecule has 0 aliphatic heterocycles. The fourth-order valence-corrected chi connectivity index (χ4v) is 3.12. The summed E-state index contributed by atoms with van der Waals surface area (Å²) in [7, 11) is 3.36. The van der Waals surface area contributed by atoms with Crippen LogP contribution in [-0.2, 0) is 16.1 Å². The third-order valence-corrected chi connectivity index (χ3v) is 4.85. The number of aromatic nitrogens is 4. The van der Waals surface area contributed by atoms with Gasteiger partial charge in [-0.05, 0) is 37.3 Å². The van der Waals surface area contributed by atoms with Crippen molar-refractivity contribution in [1.29, 1.82) is 0 Å². The van der Waals surface area contributed by atoms with Crippen molar-refractivity contribution >= 4 is 23.6 Å². The SMILES string of the molecule is Cc1ccc(-c2nn(-c3ccccc3)cc2C=CC(=O)Nc2cnn(CC(=O)N(C)C)c2)o1. The van der Waals surface area contributed by atoms with Crippen LogP contribution in [0.2, 0.25) is 0 Å². The van der Waals surface area contributed by atoms with Crippen LogP contribution in [0, 0.1) is 6.92 Å². The molecule has 0 bridgehead atoms. The van der Waals surface area contributed by atoms with Gasteiger partial charge in [-0.1, -0.05) is 18.2 Å². The molecule has 33 heavy (non-hydrogen) atoms. The third-order valence-electron chi connectivity index (χ3n) is 4.85. The maximum Gasteiger partial charge on any atom is 0.248 e. The largest absolute Gasteiger partial charge is 0.460 e. The van der Waals surface area contributed by atoms with Crippen molar-refractivity contribution in [3.8, 4) is 17.1 Å². The number of furan rings is 1. The lowest BCUT2D eigenvalue weighted by Gasteiger charge is -2.09. The molecule has 0 spiro atoms. The Labute approximate surface area is 190 Å². The van der Waals surface area contributed by atoms with E-state index in [0.29, 0.717) is 17.1 Å². The van der Waals surface area contributed by atoms with Gasteiger partial charge in [-0.15, -0.1) is 0 Å². The molecule has 1 N–H and O–H groups in total. The van der Waals surface area contributed by atoms with E-state index in [2.05, 4.69) is 15.5 Å². The average Bonchev–Trinajstić information content (AvgIpc) is 3.53. The number of benzene rings is 1. The van der Waals surface area contributed by atoms with Gasteiger partial charge in [0.15, 0.2) is 5.76 Å². The molecular weight excluding hydrogens is 420 g/mol. The van der Waals surface area contributed by atoms with Crippen LogP contribution < -0.4 is 5.32 Å². The van der Waals surface area contributed by atoms with Crippen LogP contribution in [0.15, 0.2) is 71.5 Å². The second-order valence-corrected chi connectivity index (χ2v) is 7.66. The summed E-state index contributed by atoms with van der Waals surface area (Å²) in [5.41, 5.74) is 2.76. The summed E-state index contributed by atoms with van der Waals surface area (Å²) >= 11 is 0. The van der Waals surface area contributed by atoms with Gasteiger partial charge in [0.25, 0.3) is 0 Å². The number of hydrogen-bond acceptors (Lipinski definition) is 5. The third kappa shape index (κ3) is 5.27. The topological polar surface area (TPSA) is 98.2 Å². The Morgan fingerprint density at radius 1 is 1.12 bits per heavy atom. The highest BCUT2D eigenvalue weighted by Gasteiger charge is 2.14. The van der Waals surface area contributed by atoms with Gasteiger partial charge in [0.2, 0.25) is 11.8 Å². The lowest BCUT2D eigenvalue weighted by atomic mass is 10.2. The van der Waals surface area contributed by atoms with E-state index < -0.39 is 0 Å². The van der Waals surface area contributed by atoms with E-state index in [0.717, 1.165) is 17.0 Å². The Kier molecular flexibility index (Phi) is 6.21. The van der Waals surface area contributed by atoms with E-state index in [9.17, 15) is 9.59 Å². The van der Waals surface area contributed by atoms with Crippen LogP contribution in [0.4, 0.5) is 5.69 Å². The molecule has 9 heteroatoms. The van der Waals surface area contributed by atoms with E-state index in [1.807, 2.05) is 55.6 Å². The minimum absolute atomic E-state index is 0.0907. The van der Waals surface area contributed by atoms with Crippen LogP contribution in [-0.4, -0.2) is 50.4 Å². The Balaban J connectivity index is 1.52. The van der Waals surface area contributed by atoms with Crippen molar-refractivity contribution in [2.45, 2.75) is 13.5 Å². The fraction of sp³-hybridized carbons (Fsp3) is 0.167. The molecule has 0 aliphatic rings. The van der Waals surface area contributed by atoms with E-state index >= 15 is 0 Å². The molecule has 2 amide bonds. The minimum atomic E-state index is -0.331. The van der Waals surface area contributed by atoms with Crippen molar-refractivity contribution in [1.82, 2.24) is 24.5 Å². The lowest BCUT2D eigenvalue weighted by Crippen LogP contribution is -2.26. The molecule has 0 unspecified atom stereocenters. The molecule has 9 nitrogen and oxygen atoms in total. The van der Waals surface area contributed by atoms with Gasteiger partial charge in [0, 0.05) is 38.1 Å². The van der Waals surface area contributed by atoms with Gasteiger partial charge in [-0.2, -0.15) is 10.2 Å². The van der Waals surface area contributed by atoms with Gasteiger partial charge in [-0.3, -0.25) is 14.3 Å². The van der Waals surface area contributed by atoms with Crippen molar-refractivity contribution in [2.75, 3.05) is 19.4 Å². The molecule has 4 rings (SSSR count). The number of para-hydroxylation sites is 1. The lowest BCUT2D eigenvalue weighted by molar-refractivity contribution is -0.129. The predicted molar refractivity (Wildman–Crippen MR) is 125 cm³/mol. The van der Waals surface area contributed by atoms with Gasteiger partial charge < -0.3 is 14.6 Å². The summed E-state index contributed by atoms with van der Waals surface area (Å²) in [6.45, 7) is 1.97. The summed E-state index contributed by atoms with van der Waals surface area (Å²) in [6.07, 6.45) is 8.07. The van der Waals surface area contributed by atoms with Crippen molar-refractivity contribution in [2.24, 2.45) is 0 Å². The number of carbonyl (C=O) groups excluding carboxylic acids is 2. The van der Waals surface area contributed by atoms with Crippen molar-refractivity contribution < 1.29 is 14.0 Å². The standard InChI is InChI=1S/C24H24N6O3/c1-17-9-11-21(33-17)24-18(14-30(27-24)20-7-5-4-6-8-20)10-12-22(31)26-19-13-25-29(15-19)16-23(32)28(2)3/h4-15H,16H2,1-3H3,(H,26,31). The molecule has 0 radical (unpaired) electrons. The summed E-state index contributed by atoms with van der Waals surface area (Å²) in [5.74, 6) is 0.972. The zero-order valence-electron chi connectivity index (χ0n) is 18.6. The van der Waals surface area contributed by atoms with Crippen LogP contribution >= 0.6 is 0 Å². The first kappa shape index (κ1) is 21.8. The Bertz CT molecular complexity index is 1300. The normalized spacial score (nSPS) is 11.1. The van der Waals surface area contributed by atoms with Crippen LogP contribution in [0.1, 0.15) is 11.3 Å². The van der Waals surface area contributed by atoms with E-state index in [4.69, 9.17) is 4.42 Å². The summed E-state index contributed by atoms with van der Waals surface area (Å²) in [6, 6.07) is 13.4. The quantitative estimate of drug-likeness (QED) is 0.441. The number of anilines is 1. The van der Waals surface area contributed by atoms with Gasteiger partial charge in [-0.25, -0.2) is 4.68 Å². The minimum Gasteiger partial charge on any atom is -0.460 e. The van der Waals surface area contributed by atoms with E-state index in [-0.39, 0.29) is 18.4 Å². The number of hydrogen-bond donors (Lipinski definition) is 1. The van der Waals surface area contributed by atoms with Gasteiger partial charge in [0.1, 0.15) is 18.0 Å². The highest BCUT2D eigenvalue weighted by Crippen LogP contribution is 2.26. The zero-order chi connectivity index (χ0) is 23.4. The molecule has 1 aromatic carbocycles. The number of amides is 2. The highest BCUT2D eigenvalue weighted by atomic mass is 16.3. The van der Waals surface area contributed by atoms with Crippen LogP contribution in [0.3, 0.4) is 0 Å². The first-order valence-electron chi connectivity index (χ1n) is 10.3. The molecule has 3 heterocycles. The number of nitrogens with zero attached hydrogens (tertiary/aromatic N) is 5. The van der Waals surface area contributed by atoms with Crippen molar-refractivity contribution in [3.63, 3.8) is 0 Å². The molecule has 0 saturated heterocycles. The molecule has 0 aliphatic carbocycles. The fourth-order valence-electron chi connectivity index (χ4n) is 3.12. The molecular formula is C24H24N6O3. The first-order chi connectivity index (χ1) is 15.9. The molecule has 0 atom stereocenters. The Hall–Kier alpha value is -4.40. The van der Waals surface area contributed by atoms with Gasteiger partial charge >= 0.3 is 0 Å². The number of aryl methyl sites for hydroxylation is 1. The number of nitrogens with one attached hydrogen (secondary N) is 1. The van der Waals surface area contributed by atoms with E-state index in [1.54, 1.807) is 31.1 Å². The molecule has 0 fully saturated rings. The predicted octanol–water partition coefficient (Wildman–Crippen LogP) is 3.38. The highest BCUT2D eigenvalue weighted by molar-refractivity contribution is 6.02. The smallest absolute Gasteiger partial charge is 0.248 e. The summed E-state index contributed by atoms with van der Waals surface area (Å²) in [5, 5.41) is 11.5. The Morgan fingerprint density at radius 3 is 2.61 bits per heavy atom. The first-order valence-corrected chi connectivity index (χ1v) is 10.3. The van der Waals surface area contributed by atoms with Crippen LogP contribution in [0.5, 0.6) is 0 Å². The molecule has 3 aromatic heterocycles. The molecule has 168 valence electrons. The second kappa shape index (κ2) is 9.39. The molecule has 4 aromatic rings. The molecule has 0 saturated carbocycles. The number of carbonyl (C=O) groups is 2. The maximum absolute atomic E-state index is 12.5. The van der Waals surface area contributed by atoms with Crippen LogP contribution in [0.25, 0.3) is 23.2 Å². The van der Waals surface area contributed by atoms with Gasteiger partial charge in [0.05, 0.1) is 17.6 Å². The Morgan fingerprint density at radius 2 is 1.91 bits per heavy atom. The second-order valence-electron chi connectivity index (χ2n) is 7.66. The van der Waals surface area contributed by atoms with E-state index in [1.165, 1.54) is 21.9 Å². The zero-order valence-corrected chi connectivity index (χ0v) is 18.6. The maximum atomic E-state index is 12.5. The van der Waals surface area contributed by atoms with Crippen molar-refractivity contribution in [3.05, 3.63) is 78.5 Å². The number of likely N-dealkylation sites (N-methyl/N-ethyl adjacent to an activating group) is 1. The summed E-state index contributed by atoms with van der Waals surface area (Å²) in [4.78, 5) is 25.8. The monoisotopic (exact) mass is 444 g/mol.